The Kier molecular flexibility index (Phi) is 4.54. The van der Waals surface area contributed by atoms with Crippen LogP contribution in [0.4, 0.5) is 5.69 Å². The molecule has 1 heterocycles. The van der Waals surface area contributed by atoms with Crippen LogP contribution in [0.3, 0.4) is 0 Å². The molecule has 22 heavy (non-hydrogen) atoms. The number of hydrogen-bond acceptors (Lipinski definition) is 3. The summed E-state index contributed by atoms with van der Waals surface area (Å²) < 4.78 is 0. The minimum Gasteiger partial charge on any atom is -0.321 e. The van der Waals surface area contributed by atoms with Crippen molar-refractivity contribution in [3.63, 3.8) is 0 Å². The standard InChI is InChI=1S/C19H23N3/c1-21(2)15-19-20-14-13-18(16-9-5-3-6-10-16)22(19)17-11-7-4-8-12-17/h3-12,18H,13-15H2,1-2H3. The molecule has 114 valence electrons. The second kappa shape index (κ2) is 6.75. The number of nitrogens with zero attached hydrogens (tertiary/aromatic N) is 3. The Hall–Kier alpha value is -2.13. The van der Waals surface area contributed by atoms with Crippen LogP contribution in [0.25, 0.3) is 0 Å². The second-order valence-corrected chi connectivity index (χ2v) is 5.96. The first-order valence-electron chi connectivity index (χ1n) is 7.83. The number of anilines is 1. The molecular weight excluding hydrogens is 270 g/mol. The number of hydrogen-bond donors (Lipinski definition) is 0. The molecule has 3 rings (SSSR count). The summed E-state index contributed by atoms with van der Waals surface area (Å²) in [4.78, 5) is 9.39. The van der Waals surface area contributed by atoms with E-state index in [1.54, 1.807) is 0 Å². The summed E-state index contributed by atoms with van der Waals surface area (Å²) in [6.45, 7) is 1.75. The first-order valence-corrected chi connectivity index (χ1v) is 7.83. The van der Waals surface area contributed by atoms with Crippen LogP contribution in [-0.4, -0.2) is 37.9 Å². The molecule has 0 fully saturated rings. The van der Waals surface area contributed by atoms with E-state index in [9.17, 15) is 0 Å². The van der Waals surface area contributed by atoms with Gasteiger partial charge in [0.1, 0.15) is 5.84 Å². The Bertz CT molecular complexity index is 620. The summed E-state index contributed by atoms with van der Waals surface area (Å²) in [6, 6.07) is 21.7. The van der Waals surface area contributed by atoms with Crippen molar-refractivity contribution in [3.8, 4) is 0 Å². The second-order valence-electron chi connectivity index (χ2n) is 5.96. The quantitative estimate of drug-likeness (QED) is 0.858. The first kappa shape index (κ1) is 14.8. The highest BCUT2D eigenvalue weighted by atomic mass is 15.3. The molecule has 1 aliphatic rings. The number of rotatable bonds is 4. The third-order valence-electron chi connectivity index (χ3n) is 3.96. The van der Waals surface area contributed by atoms with Crippen molar-refractivity contribution in [1.29, 1.82) is 0 Å². The summed E-state index contributed by atoms with van der Waals surface area (Å²) in [5, 5.41) is 0. The number of amidine groups is 1. The molecule has 1 aliphatic heterocycles. The molecular formula is C19H23N3. The van der Waals surface area contributed by atoms with Crippen molar-refractivity contribution >= 4 is 11.5 Å². The Morgan fingerprint density at radius 2 is 1.64 bits per heavy atom. The van der Waals surface area contributed by atoms with E-state index >= 15 is 0 Å². The largest absolute Gasteiger partial charge is 0.321 e. The molecule has 0 aliphatic carbocycles. The van der Waals surface area contributed by atoms with E-state index in [0.717, 1.165) is 25.3 Å². The van der Waals surface area contributed by atoms with Crippen molar-refractivity contribution in [1.82, 2.24) is 4.90 Å². The maximum Gasteiger partial charge on any atom is 0.118 e. The molecule has 0 spiro atoms. The molecule has 1 unspecified atom stereocenters. The van der Waals surface area contributed by atoms with E-state index in [1.807, 2.05) is 0 Å². The van der Waals surface area contributed by atoms with Crippen LogP contribution in [0.5, 0.6) is 0 Å². The predicted molar refractivity (Wildman–Crippen MR) is 93.6 cm³/mol. The first-order chi connectivity index (χ1) is 10.8. The summed E-state index contributed by atoms with van der Waals surface area (Å²) in [7, 11) is 4.19. The minimum absolute atomic E-state index is 0.357. The number of benzene rings is 2. The van der Waals surface area contributed by atoms with Gasteiger partial charge in [-0.3, -0.25) is 4.99 Å². The number of aliphatic imine (C=N–C) groups is 1. The molecule has 0 N–H and O–H groups in total. The number of likely N-dealkylation sites (N-methyl/N-ethyl adjacent to an activating group) is 1. The molecule has 0 saturated carbocycles. The Labute approximate surface area is 132 Å². The van der Waals surface area contributed by atoms with Gasteiger partial charge >= 0.3 is 0 Å². The SMILES string of the molecule is CN(C)CC1=NCCC(c2ccccc2)N1c1ccccc1. The van der Waals surface area contributed by atoms with Crippen LogP contribution in [0.15, 0.2) is 65.7 Å². The van der Waals surface area contributed by atoms with Gasteiger partial charge in [-0.1, -0.05) is 48.5 Å². The third-order valence-corrected chi connectivity index (χ3v) is 3.96. The fourth-order valence-corrected chi connectivity index (χ4v) is 3.02. The summed E-state index contributed by atoms with van der Waals surface area (Å²) in [6.07, 6.45) is 1.05. The van der Waals surface area contributed by atoms with Crippen molar-refractivity contribution in [2.45, 2.75) is 12.5 Å². The van der Waals surface area contributed by atoms with Crippen molar-refractivity contribution in [2.24, 2.45) is 4.99 Å². The van der Waals surface area contributed by atoms with Gasteiger partial charge in [0.2, 0.25) is 0 Å². The highest BCUT2D eigenvalue weighted by molar-refractivity contribution is 6.00. The molecule has 1 atom stereocenters. The van der Waals surface area contributed by atoms with Gasteiger partial charge in [-0.15, -0.1) is 0 Å². The molecule has 2 aromatic rings. The third kappa shape index (κ3) is 3.20. The average Bonchev–Trinajstić information content (AvgIpc) is 2.56. The highest BCUT2D eigenvalue weighted by Crippen LogP contribution is 2.32. The van der Waals surface area contributed by atoms with Gasteiger partial charge in [0.05, 0.1) is 12.6 Å². The van der Waals surface area contributed by atoms with Crippen molar-refractivity contribution < 1.29 is 0 Å². The zero-order chi connectivity index (χ0) is 15.4. The van der Waals surface area contributed by atoms with Crippen molar-refractivity contribution in [3.05, 3.63) is 66.2 Å². The van der Waals surface area contributed by atoms with Crippen LogP contribution < -0.4 is 4.90 Å². The Morgan fingerprint density at radius 1 is 1.00 bits per heavy atom. The van der Waals surface area contributed by atoms with E-state index in [-0.39, 0.29) is 0 Å². The zero-order valence-corrected chi connectivity index (χ0v) is 13.3. The molecule has 2 aromatic carbocycles. The Balaban J connectivity index is 2.00. The van der Waals surface area contributed by atoms with Crippen LogP contribution in [0.2, 0.25) is 0 Å². The van der Waals surface area contributed by atoms with Gasteiger partial charge in [0.25, 0.3) is 0 Å². The van der Waals surface area contributed by atoms with Crippen molar-refractivity contribution in [2.75, 3.05) is 32.1 Å². The average molecular weight is 293 g/mol. The topological polar surface area (TPSA) is 18.8 Å². The lowest BCUT2D eigenvalue weighted by atomic mass is 9.99. The predicted octanol–water partition coefficient (Wildman–Crippen LogP) is 3.60. The summed E-state index contributed by atoms with van der Waals surface area (Å²) in [5.41, 5.74) is 2.58. The van der Waals surface area contributed by atoms with Gasteiger partial charge in [-0.05, 0) is 38.2 Å². The molecule has 0 amide bonds. The van der Waals surface area contributed by atoms with E-state index in [4.69, 9.17) is 4.99 Å². The van der Waals surface area contributed by atoms with Gasteiger partial charge < -0.3 is 9.80 Å². The van der Waals surface area contributed by atoms with Crippen LogP contribution in [-0.2, 0) is 0 Å². The molecule has 0 aromatic heterocycles. The smallest absolute Gasteiger partial charge is 0.118 e. The van der Waals surface area contributed by atoms with E-state index in [2.05, 4.69) is 84.6 Å². The fraction of sp³-hybridized carbons (Fsp3) is 0.316. The van der Waals surface area contributed by atoms with Gasteiger partial charge in [0, 0.05) is 12.2 Å². The lowest BCUT2D eigenvalue weighted by molar-refractivity contribution is 0.459. The minimum atomic E-state index is 0.357. The highest BCUT2D eigenvalue weighted by Gasteiger charge is 2.28. The summed E-state index contributed by atoms with van der Waals surface area (Å²) >= 11 is 0. The van der Waals surface area contributed by atoms with Gasteiger partial charge in [-0.25, -0.2) is 0 Å². The maximum atomic E-state index is 4.80. The van der Waals surface area contributed by atoms with E-state index < -0.39 is 0 Å². The molecule has 0 bridgehead atoms. The molecule has 0 saturated heterocycles. The molecule has 0 radical (unpaired) electrons. The number of para-hydroxylation sites is 1. The van der Waals surface area contributed by atoms with Gasteiger partial charge in [-0.2, -0.15) is 0 Å². The summed E-state index contributed by atoms with van der Waals surface area (Å²) in [5.74, 6) is 1.15. The Morgan fingerprint density at radius 3 is 2.27 bits per heavy atom. The molecule has 3 heteroatoms. The normalized spacial score (nSPS) is 18.4. The molecule has 3 nitrogen and oxygen atoms in total. The van der Waals surface area contributed by atoms with Crippen LogP contribution >= 0.6 is 0 Å². The monoisotopic (exact) mass is 293 g/mol. The maximum absolute atomic E-state index is 4.80. The fourth-order valence-electron chi connectivity index (χ4n) is 3.02. The van der Waals surface area contributed by atoms with E-state index in [0.29, 0.717) is 6.04 Å². The zero-order valence-electron chi connectivity index (χ0n) is 13.3. The lowest BCUT2D eigenvalue weighted by Crippen LogP contribution is -2.43. The lowest BCUT2D eigenvalue weighted by Gasteiger charge is -2.38. The van der Waals surface area contributed by atoms with Crippen LogP contribution in [0, 0.1) is 0 Å². The van der Waals surface area contributed by atoms with Gasteiger partial charge in [0.15, 0.2) is 0 Å². The van der Waals surface area contributed by atoms with Crippen LogP contribution in [0.1, 0.15) is 18.0 Å². The van der Waals surface area contributed by atoms with E-state index in [1.165, 1.54) is 11.3 Å².